The Morgan fingerprint density at radius 2 is 0.820 bits per heavy atom. The van der Waals surface area contributed by atoms with Crippen LogP contribution in [0.25, 0.3) is 0 Å². The molecule has 0 spiro atoms. The number of carbonyl (C=O) groups is 13. The number of hydrogen-bond donors (Lipinski definition) is 19. The van der Waals surface area contributed by atoms with Crippen LogP contribution in [-0.4, -0.2) is 194 Å². The lowest BCUT2D eigenvalue weighted by Crippen LogP contribution is -2.60. The quantitative estimate of drug-likeness (QED) is 0.0166. The summed E-state index contributed by atoms with van der Waals surface area (Å²) in [5, 5.41) is 53.7. The minimum absolute atomic E-state index is 0.0426. The maximum absolute atomic E-state index is 14.2. The molecule has 1 aromatic heterocycles. The van der Waals surface area contributed by atoms with E-state index in [0.29, 0.717) is 37.9 Å². The number of unbranched alkanes of at least 4 members (excludes halogenated alkanes) is 2. The normalized spacial score (nSPS) is 14.8. The first kappa shape index (κ1) is 78.5. The summed E-state index contributed by atoms with van der Waals surface area (Å²) >= 11 is 0. The molecule has 34 nitrogen and oxygen atoms in total. The topological polar surface area (TPSA) is 574 Å². The van der Waals surface area contributed by atoms with Gasteiger partial charge in [-0.05, 0) is 123 Å². The SMILES string of the molecule is CC(C)C[C@H](NC(=O)[C@H](C)NC(=O)[C@H](CCC(=O)O)NC(=O)[C@H](CCCCN)NC(=O)[C@H](C)NC(=O)[C@H](CCC(=O)O)NC(=O)[C@H](Cc1cnc[nH]1)NC(=O)[C@H](CC(C)C)NC(=O)[C@H](C)NC(=O)[C@@H](N)CCCN=C(N)N)C(=O)N[C@@H](CCCCN)C(=O)O. The van der Waals surface area contributed by atoms with Gasteiger partial charge in [-0.15, -0.1) is 0 Å². The summed E-state index contributed by atoms with van der Waals surface area (Å²) in [6.45, 7) is 11.6. The zero-order valence-electron chi connectivity index (χ0n) is 51.8. The van der Waals surface area contributed by atoms with Crippen LogP contribution in [0.1, 0.15) is 144 Å². The Hall–Kier alpha value is -8.53. The van der Waals surface area contributed by atoms with Gasteiger partial charge in [0, 0.05) is 37.7 Å². The Morgan fingerprint density at radius 1 is 0.461 bits per heavy atom. The van der Waals surface area contributed by atoms with Crippen molar-refractivity contribution in [3.05, 3.63) is 18.2 Å². The monoisotopic (exact) mass is 1260 g/mol. The fourth-order valence-corrected chi connectivity index (χ4v) is 8.59. The zero-order chi connectivity index (χ0) is 67.5. The molecule has 0 unspecified atom stereocenters. The predicted octanol–water partition coefficient (Wildman–Crippen LogP) is -4.59. The molecule has 0 bridgehead atoms. The van der Waals surface area contributed by atoms with Gasteiger partial charge in [0.1, 0.15) is 60.4 Å². The van der Waals surface area contributed by atoms with Gasteiger partial charge >= 0.3 is 17.9 Å². The molecule has 0 aliphatic rings. The molecule has 0 aliphatic carbocycles. The number of aliphatic carboxylic acids is 3. The smallest absolute Gasteiger partial charge is 0.326 e. The van der Waals surface area contributed by atoms with Crippen LogP contribution in [0.2, 0.25) is 0 Å². The Bertz CT molecular complexity index is 2530. The minimum atomic E-state index is -1.68. The Kier molecular flexibility index (Phi) is 36.7. The van der Waals surface area contributed by atoms with E-state index in [4.69, 9.17) is 28.7 Å². The Labute approximate surface area is 516 Å². The van der Waals surface area contributed by atoms with Gasteiger partial charge in [0.05, 0.1) is 12.4 Å². The van der Waals surface area contributed by atoms with E-state index in [1.807, 2.05) is 0 Å². The van der Waals surface area contributed by atoms with Crippen LogP contribution in [-0.2, 0) is 68.7 Å². The molecule has 0 saturated carbocycles. The second-order valence-corrected chi connectivity index (χ2v) is 22.5. The molecule has 0 radical (unpaired) electrons. The van der Waals surface area contributed by atoms with Crippen molar-refractivity contribution in [2.24, 2.45) is 45.5 Å². The van der Waals surface area contributed by atoms with Gasteiger partial charge in [0.25, 0.3) is 0 Å². The van der Waals surface area contributed by atoms with E-state index in [-0.39, 0.29) is 75.8 Å². The molecule has 0 saturated heterocycles. The fourth-order valence-electron chi connectivity index (χ4n) is 8.59. The highest BCUT2D eigenvalue weighted by Gasteiger charge is 2.36. The van der Waals surface area contributed by atoms with Crippen LogP contribution in [0.3, 0.4) is 0 Å². The van der Waals surface area contributed by atoms with Crippen molar-refractivity contribution in [1.29, 1.82) is 0 Å². The van der Waals surface area contributed by atoms with Crippen LogP contribution in [0.5, 0.6) is 0 Å². The maximum Gasteiger partial charge on any atom is 0.326 e. The van der Waals surface area contributed by atoms with Crippen molar-refractivity contribution < 1.29 is 77.6 Å². The number of rotatable bonds is 45. The van der Waals surface area contributed by atoms with Crippen molar-refractivity contribution in [3.63, 3.8) is 0 Å². The molecule has 1 aromatic rings. The molecule has 502 valence electrons. The predicted molar refractivity (Wildman–Crippen MR) is 323 cm³/mol. The highest BCUT2D eigenvalue weighted by Crippen LogP contribution is 2.12. The molecule has 0 fully saturated rings. The first-order valence-corrected chi connectivity index (χ1v) is 29.7. The molecular weight excluding hydrogens is 1170 g/mol. The molecule has 34 heteroatoms. The lowest BCUT2D eigenvalue weighted by Gasteiger charge is -2.27. The van der Waals surface area contributed by atoms with Crippen LogP contribution >= 0.6 is 0 Å². The number of H-pyrrole nitrogens is 1. The van der Waals surface area contributed by atoms with Crippen molar-refractivity contribution in [3.8, 4) is 0 Å². The number of nitrogens with two attached hydrogens (primary N) is 5. The van der Waals surface area contributed by atoms with Crippen molar-refractivity contribution in [2.75, 3.05) is 19.6 Å². The fraction of sp³-hybridized carbons (Fsp3) is 0.691. The molecule has 10 amide bonds. The molecular formula is C55H96N18O16. The average Bonchev–Trinajstić information content (AvgIpc) is 2.66. The summed E-state index contributed by atoms with van der Waals surface area (Å²) in [6, 6.07) is -15.2. The average molecular weight is 1270 g/mol. The van der Waals surface area contributed by atoms with Crippen LogP contribution in [0.4, 0.5) is 0 Å². The van der Waals surface area contributed by atoms with Gasteiger partial charge in [-0.2, -0.15) is 0 Å². The molecule has 24 N–H and O–H groups in total. The van der Waals surface area contributed by atoms with E-state index in [1.54, 1.807) is 27.7 Å². The van der Waals surface area contributed by atoms with E-state index in [1.165, 1.54) is 33.3 Å². The number of carbonyl (C=O) groups excluding carboxylic acids is 10. The summed E-state index contributed by atoms with van der Waals surface area (Å²) in [5.41, 5.74) is 28.2. The van der Waals surface area contributed by atoms with E-state index >= 15 is 0 Å². The van der Waals surface area contributed by atoms with Gasteiger partial charge in [-0.1, -0.05) is 27.7 Å². The summed E-state index contributed by atoms with van der Waals surface area (Å²) in [4.78, 5) is 183. The summed E-state index contributed by atoms with van der Waals surface area (Å²) < 4.78 is 0. The summed E-state index contributed by atoms with van der Waals surface area (Å²) in [7, 11) is 0. The van der Waals surface area contributed by atoms with Gasteiger partial charge in [-0.25, -0.2) is 9.78 Å². The standard InChI is InChI=1S/C55H96N18O16/c1-28(2)23-39(51(85)70-38(54(88)89)15-9-11-21-57)71-46(80)32(7)66-48(82)36(16-18-42(74)75)68-50(84)35(14-8-10-20-56)67-44(78)31(6)65-49(83)37(17-19-43(76)77)69-53(87)41(25-33-26-61-27-63-33)73-52(86)40(24-29(3)4)72-45(79)30(5)64-47(81)34(58)13-12-22-62-55(59)60/h26-32,34-41H,8-25,56-58H2,1-7H3,(H,61,63)(H,64,81)(H,65,83)(H,66,82)(H,67,78)(H,68,84)(H,69,87)(H,70,85)(H,71,80)(H,72,79)(H,73,86)(H,74,75)(H,76,77)(H,88,89)(H4,59,60,62)/t30-,31-,32-,34-,35-,36-,37-,38-,39-,40-,41-/m0/s1. The number of carboxylic acid groups (broad SMARTS) is 3. The molecule has 0 aromatic carbocycles. The number of amides is 10. The third kappa shape index (κ3) is 32.3. The first-order valence-electron chi connectivity index (χ1n) is 29.7. The molecule has 1 rings (SSSR count). The number of aliphatic imine (C=N–C) groups is 1. The van der Waals surface area contributed by atoms with Crippen molar-refractivity contribution in [2.45, 2.75) is 211 Å². The lowest BCUT2D eigenvalue weighted by atomic mass is 10.0. The minimum Gasteiger partial charge on any atom is -0.481 e. The number of nitrogens with one attached hydrogen (secondary N) is 11. The highest BCUT2D eigenvalue weighted by molar-refractivity contribution is 5.99. The van der Waals surface area contributed by atoms with Crippen molar-refractivity contribution >= 4 is 82.9 Å². The van der Waals surface area contributed by atoms with Gasteiger partial charge < -0.3 is 102 Å². The molecule has 1 heterocycles. The first-order chi connectivity index (χ1) is 41.8. The van der Waals surface area contributed by atoms with Gasteiger partial charge in [0.15, 0.2) is 5.96 Å². The number of nitrogens with zero attached hydrogens (tertiary/aromatic N) is 2. The number of aromatic amines is 1. The van der Waals surface area contributed by atoms with Crippen molar-refractivity contribution in [1.82, 2.24) is 63.1 Å². The Morgan fingerprint density at radius 3 is 1.21 bits per heavy atom. The van der Waals surface area contributed by atoms with Crippen LogP contribution in [0, 0.1) is 11.8 Å². The molecule has 89 heavy (non-hydrogen) atoms. The number of hydrogen-bond acceptors (Lipinski definition) is 18. The maximum atomic E-state index is 14.2. The van der Waals surface area contributed by atoms with E-state index < -0.39 is 169 Å². The highest BCUT2D eigenvalue weighted by atomic mass is 16.4. The van der Waals surface area contributed by atoms with E-state index in [2.05, 4.69) is 68.1 Å². The summed E-state index contributed by atoms with van der Waals surface area (Å²) in [6.07, 6.45) is 2.12. The number of imidazole rings is 1. The zero-order valence-corrected chi connectivity index (χ0v) is 51.8. The van der Waals surface area contributed by atoms with E-state index in [9.17, 15) is 77.6 Å². The lowest BCUT2D eigenvalue weighted by molar-refractivity contribution is -0.142. The van der Waals surface area contributed by atoms with Crippen LogP contribution < -0.4 is 81.8 Å². The third-order valence-corrected chi connectivity index (χ3v) is 13.6. The number of aromatic nitrogens is 2. The summed E-state index contributed by atoms with van der Waals surface area (Å²) in [5.74, 6) is -13.6. The van der Waals surface area contributed by atoms with Gasteiger partial charge in [-0.3, -0.25) is 62.5 Å². The molecule has 0 aliphatic heterocycles. The van der Waals surface area contributed by atoms with Gasteiger partial charge in [0.2, 0.25) is 59.1 Å². The second kappa shape index (κ2) is 41.6. The largest absolute Gasteiger partial charge is 0.481 e. The second-order valence-electron chi connectivity index (χ2n) is 22.5. The number of carboxylic acids is 3. The van der Waals surface area contributed by atoms with Crippen LogP contribution in [0.15, 0.2) is 17.5 Å². The Balaban J connectivity index is 3.39. The third-order valence-electron chi connectivity index (χ3n) is 13.6. The number of guanidine groups is 1. The van der Waals surface area contributed by atoms with E-state index in [0.717, 1.165) is 0 Å². The molecule has 11 atom stereocenters.